The van der Waals surface area contributed by atoms with E-state index in [1.54, 1.807) is 0 Å². The van der Waals surface area contributed by atoms with Crippen molar-refractivity contribution in [1.29, 1.82) is 0 Å². The number of nitrogens with two attached hydrogens (primary N) is 1. The van der Waals surface area contributed by atoms with Gasteiger partial charge in [0.2, 0.25) is 0 Å². The highest BCUT2D eigenvalue weighted by molar-refractivity contribution is 7.99. The van der Waals surface area contributed by atoms with Gasteiger partial charge in [-0.05, 0) is 31.7 Å². The quantitative estimate of drug-likeness (QED) is 0.890. The average molecular weight is 250 g/mol. The van der Waals surface area contributed by atoms with E-state index in [-0.39, 0.29) is 6.04 Å². The zero-order chi connectivity index (χ0) is 12.3. The van der Waals surface area contributed by atoms with Crippen LogP contribution in [0.1, 0.15) is 24.9 Å². The van der Waals surface area contributed by atoms with Crippen molar-refractivity contribution in [2.45, 2.75) is 31.5 Å². The Hall–Kier alpha value is -0.510. The predicted molar refractivity (Wildman–Crippen MR) is 76.3 cm³/mol. The van der Waals surface area contributed by atoms with E-state index >= 15 is 0 Å². The molecule has 3 unspecified atom stereocenters. The van der Waals surface area contributed by atoms with Gasteiger partial charge in [0.1, 0.15) is 0 Å². The summed E-state index contributed by atoms with van der Waals surface area (Å²) < 4.78 is 0. The Balaban J connectivity index is 2.17. The molecule has 2 nitrogen and oxygen atoms in total. The molecule has 0 aromatic heterocycles. The molecule has 1 aromatic carbocycles. The minimum atomic E-state index is 0.160. The molecule has 0 saturated carbocycles. The number of hydrogen-bond acceptors (Lipinski definition) is 3. The number of likely N-dealkylation sites (N-methyl/N-ethyl adjacent to an activating group) is 1. The van der Waals surface area contributed by atoms with Crippen molar-refractivity contribution in [3.05, 3.63) is 35.9 Å². The van der Waals surface area contributed by atoms with Crippen molar-refractivity contribution in [1.82, 2.24) is 4.90 Å². The highest BCUT2D eigenvalue weighted by Gasteiger charge is 2.28. The van der Waals surface area contributed by atoms with Crippen LogP contribution in [0, 0.1) is 0 Å². The fraction of sp³-hybridized carbons (Fsp3) is 0.571. The molecule has 17 heavy (non-hydrogen) atoms. The summed E-state index contributed by atoms with van der Waals surface area (Å²) in [6.45, 7) is 2.11. The van der Waals surface area contributed by atoms with Crippen LogP contribution in [0.4, 0.5) is 0 Å². The fourth-order valence-electron chi connectivity index (χ4n) is 2.63. The van der Waals surface area contributed by atoms with Crippen molar-refractivity contribution < 1.29 is 0 Å². The summed E-state index contributed by atoms with van der Waals surface area (Å²) in [6.07, 6.45) is 1.29. The van der Waals surface area contributed by atoms with E-state index in [1.807, 2.05) is 0 Å². The first-order valence-electron chi connectivity index (χ1n) is 6.30. The number of rotatable bonds is 4. The van der Waals surface area contributed by atoms with Gasteiger partial charge in [0.15, 0.2) is 0 Å². The van der Waals surface area contributed by atoms with E-state index in [0.717, 1.165) is 0 Å². The highest BCUT2D eigenvalue weighted by Crippen LogP contribution is 2.30. The van der Waals surface area contributed by atoms with E-state index in [2.05, 4.69) is 61.0 Å². The lowest BCUT2D eigenvalue weighted by molar-refractivity contribution is 0.168. The van der Waals surface area contributed by atoms with Crippen LogP contribution in [0.25, 0.3) is 0 Å². The molecule has 1 aliphatic rings. The minimum Gasteiger partial charge on any atom is -0.326 e. The van der Waals surface area contributed by atoms with Gasteiger partial charge in [-0.25, -0.2) is 0 Å². The monoisotopic (exact) mass is 250 g/mol. The zero-order valence-electron chi connectivity index (χ0n) is 10.7. The van der Waals surface area contributed by atoms with Gasteiger partial charge in [0.25, 0.3) is 0 Å². The van der Waals surface area contributed by atoms with Gasteiger partial charge in [0, 0.05) is 23.9 Å². The van der Waals surface area contributed by atoms with Gasteiger partial charge in [-0.3, -0.25) is 4.90 Å². The molecule has 0 bridgehead atoms. The van der Waals surface area contributed by atoms with Crippen LogP contribution < -0.4 is 5.73 Å². The fourth-order valence-corrected chi connectivity index (χ4v) is 3.91. The van der Waals surface area contributed by atoms with E-state index < -0.39 is 0 Å². The molecule has 1 aromatic rings. The normalized spacial score (nSPS) is 23.9. The summed E-state index contributed by atoms with van der Waals surface area (Å²) in [5.41, 5.74) is 7.52. The molecule has 1 heterocycles. The van der Waals surface area contributed by atoms with E-state index in [4.69, 9.17) is 5.73 Å². The molecule has 0 aliphatic carbocycles. The summed E-state index contributed by atoms with van der Waals surface area (Å²) in [5, 5.41) is 0. The third-order valence-electron chi connectivity index (χ3n) is 3.56. The Morgan fingerprint density at radius 2 is 2.06 bits per heavy atom. The molecular formula is C14H22N2S. The van der Waals surface area contributed by atoms with Crippen molar-refractivity contribution in [3.63, 3.8) is 0 Å². The van der Waals surface area contributed by atoms with E-state index in [9.17, 15) is 0 Å². The molecule has 3 atom stereocenters. The second-order valence-corrected chi connectivity index (χ2v) is 6.05. The third kappa shape index (κ3) is 3.03. The van der Waals surface area contributed by atoms with Gasteiger partial charge < -0.3 is 5.73 Å². The maximum Gasteiger partial charge on any atom is 0.0496 e. The van der Waals surface area contributed by atoms with Crippen LogP contribution in [-0.4, -0.2) is 35.5 Å². The first-order chi connectivity index (χ1) is 8.20. The maximum atomic E-state index is 6.19. The number of benzene rings is 1. The van der Waals surface area contributed by atoms with Crippen LogP contribution in [0.5, 0.6) is 0 Å². The zero-order valence-corrected chi connectivity index (χ0v) is 11.5. The molecule has 0 amide bonds. The van der Waals surface area contributed by atoms with Crippen molar-refractivity contribution in [2.24, 2.45) is 5.73 Å². The SMILES string of the molecule is CC(N)C(c1ccccc1)N(C)C1CCSC1. The number of hydrogen-bond donors (Lipinski definition) is 1. The summed E-state index contributed by atoms with van der Waals surface area (Å²) in [4.78, 5) is 2.47. The van der Waals surface area contributed by atoms with Crippen LogP contribution in [0.15, 0.2) is 30.3 Å². The predicted octanol–water partition coefficient (Wildman–Crippen LogP) is 2.51. The van der Waals surface area contributed by atoms with Crippen molar-refractivity contribution in [2.75, 3.05) is 18.6 Å². The van der Waals surface area contributed by atoms with Crippen molar-refractivity contribution in [3.8, 4) is 0 Å². The maximum absolute atomic E-state index is 6.19. The standard InChI is InChI=1S/C14H22N2S/c1-11(15)14(12-6-4-3-5-7-12)16(2)13-8-9-17-10-13/h3-7,11,13-14H,8-10,15H2,1-2H3. The number of nitrogens with zero attached hydrogens (tertiary/aromatic N) is 1. The second-order valence-electron chi connectivity index (χ2n) is 4.90. The summed E-state index contributed by atoms with van der Waals surface area (Å²) in [6, 6.07) is 11.8. The lowest BCUT2D eigenvalue weighted by Crippen LogP contribution is -2.42. The first-order valence-corrected chi connectivity index (χ1v) is 7.46. The van der Waals surface area contributed by atoms with Crippen LogP contribution in [0.3, 0.4) is 0 Å². The first kappa shape index (κ1) is 12.9. The van der Waals surface area contributed by atoms with Gasteiger partial charge >= 0.3 is 0 Å². The lowest BCUT2D eigenvalue weighted by atomic mass is 9.98. The van der Waals surface area contributed by atoms with Crippen LogP contribution >= 0.6 is 11.8 Å². The van der Waals surface area contributed by atoms with E-state index in [1.165, 1.54) is 23.5 Å². The van der Waals surface area contributed by atoms with Crippen molar-refractivity contribution >= 4 is 11.8 Å². The average Bonchev–Trinajstić information content (AvgIpc) is 2.83. The molecule has 1 fully saturated rings. The minimum absolute atomic E-state index is 0.160. The summed E-state index contributed by atoms with van der Waals surface area (Å²) >= 11 is 2.05. The van der Waals surface area contributed by atoms with E-state index in [0.29, 0.717) is 12.1 Å². The Morgan fingerprint density at radius 3 is 2.59 bits per heavy atom. The largest absolute Gasteiger partial charge is 0.326 e. The topological polar surface area (TPSA) is 29.3 Å². The number of thioether (sulfide) groups is 1. The molecule has 1 aliphatic heterocycles. The van der Waals surface area contributed by atoms with Gasteiger partial charge in [-0.1, -0.05) is 30.3 Å². The van der Waals surface area contributed by atoms with Crippen LogP contribution in [0.2, 0.25) is 0 Å². The summed E-state index contributed by atoms with van der Waals surface area (Å²) in [5.74, 6) is 2.53. The third-order valence-corrected chi connectivity index (χ3v) is 4.70. The molecule has 94 valence electrons. The Kier molecular flexibility index (Phi) is 4.48. The highest BCUT2D eigenvalue weighted by atomic mass is 32.2. The van der Waals surface area contributed by atoms with Gasteiger partial charge in [-0.15, -0.1) is 0 Å². The lowest BCUT2D eigenvalue weighted by Gasteiger charge is -2.35. The molecule has 2 N–H and O–H groups in total. The molecule has 2 rings (SSSR count). The molecule has 0 spiro atoms. The second kappa shape index (κ2) is 5.89. The molecule has 1 saturated heterocycles. The van der Waals surface area contributed by atoms with Gasteiger partial charge in [-0.2, -0.15) is 11.8 Å². The Bertz CT molecular complexity index is 333. The van der Waals surface area contributed by atoms with Gasteiger partial charge in [0.05, 0.1) is 0 Å². The molecule has 0 radical (unpaired) electrons. The molecular weight excluding hydrogens is 228 g/mol. The van der Waals surface area contributed by atoms with Crippen LogP contribution in [-0.2, 0) is 0 Å². The Labute approximate surface area is 109 Å². The summed E-state index contributed by atoms with van der Waals surface area (Å²) in [7, 11) is 2.22. The Morgan fingerprint density at radius 1 is 1.35 bits per heavy atom. The smallest absolute Gasteiger partial charge is 0.0496 e. The molecule has 3 heteroatoms.